The number of carbonyl (C=O) groups is 1. The highest BCUT2D eigenvalue weighted by Gasteiger charge is 2.25. The number of rotatable bonds is 1. The van der Waals surface area contributed by atoms with Gasteiger partial charge in [0.2, 0.25) is 0 Å². The molecule has 14 heavy (non-hydrogen) atoms. The monoisotopic (exact) mass is 255 g/mol. The average Bonchev–Trinajstić information content (AvgIpc) is 2.16. The number of hydrogen-bond donors (Lipinski definition) is 1. The Morgan fingerprint density at radius 1 is 1.57 bits per heavy atom. The normalized spacial score (nSPS) is 24.4. The number of fused-ring (bicyclic) bond motifs is 1. The summed E-state index contributed by atoms with van der Waals surface area (Å²) in [7, 11) is 0. The smallest absolute Gasteiger partial charge is 0.146 e. The molecule has 0 radical (unpaired) electrons. The summed E-state index contributed by atoms with van der Waals surface area (Å²) in [4.78, 5) is 10.7. The van der Waals surface area contributed by atoms with Crippen LogP contribution in [0.1, 0.15) is 6.92 Å². The predicted molar refractivity (Wildman–Crippen MR) is 57.7 cm³/mol. The van der Waals surface area contributed by atoms with Gasteiger partial charge in [-0.1, -0.05) is 15.9 Å². The molecule has 1 aromatic rings. The van der Waals surface area contributed by atoms with E-state index in [9.17, 15) is 4.79 Å². The Bertz CT molecular complexity index is 367. The number of carbonyl (C=O) groups excluding carboxylic acids is 1. The van der Waals surface area contributed by atoms with Gasteiger partial charge in [-0.2, -0.15) is 0 Å². The third kappa shape index (κ3) is 1.62. The maximum atomic E-state index is 10.7. The van der Waals surface area contributed by atoms with Gasteiger partial charge < -0.3 is 14.8 Å². The molecule has 3 nitrogen and oxygen atoms in total. The van der Waals surface area contributed by atoms with E-state index in [4.69, 9.17) is 4.74 Å². The van der Waals surface area contributed by atoms with Gasteiger partial charge >= 0.3 is 0 Å². The summed E-state index contributed by atoms with van der Waals surface area (Å²) < 4.78 is 6.56. The summed E-state index contributed by atoms with van der Waals surface area (Å²) in [5.41, 5.74) is 0.864. The molecular formula is C10H10BrNO2. The van der Waals surface area contributed by atoms with Gasteiger partial charge in [0.05, 0.1) is 5.69 Å². The molecule has 4 heteroatoms. The minimum atomic E-state index is -0.260. The van der Waals surface area contributed by atoms with Crippen LogP contribution in [0.15, 0.2) is 22.7 Å². The van der Waals surface area contributed by atoms with E-state index in [1.54, 1.807) is 0 Å². The second kappa shape index (κ2) is 3.61. The number of benzene rings is 1. The summed E-state index contributed by atoms with van der Waals surface area (Å²) >= 11 is 3.37. The first-order valence-electron chi connectivity index (χ1n) is 4.39. The Balaban J connectivity index is 2.35. The van der Waals surface area contributed by atoms with Gasteiger partial charge in [-0.15, -0.1) is 0 Å². The summed E-state index contributed by atoms with van der Waals surface area (Å²) in [5, 5.41) is 3.11. The zero-order valence-electron chi connectivity index (χ0n) is 7.66. The molecule has 0 aliphatic carbocycles. The van der Waals surface area contributed by atoms with Crippen molar-refractivity contribution >= 4 is 27.9 Å². The molecule has 1 heterocycles. The van der Waals surface area contributed by atoms with Crippen LogP contribution in [0.5, 0.6) is 5.75 Å². The Labute approximate surface area is 90.6 Å². The molecule has 0 saturated carbocycles. The molecule has 2 rings (SSSR count). The first-order chi connectivity index (χ1) is 6.70. The summed E-state index contributed by atoms with van der Waals surface area (Å²) in [5.74, 6) is 0.782. The summed E-state index contributed by atoms with van der Waals surface area (Å²) in [6, 6.07) is 5.43. The Hall–Kier alpha value is -1.03. The largest absolute Gasteiger partial charge is 0.486 e. The van der Waals surface area contributed by atoms with Crippen LogP contribution in [0.3, 0.4) is 0 Å². The van der Waals surface area contributed by atoms with E-state index in [1.165, 1.54) is 0 Å². The van der Waals surface area contributed by atoms with E-state index in [0.29, 0.717) is 0 Å². The van der Waals surface area contributed by atoms with Crippen molar-refractivity contribution in [2.75, 3.05) is 5.32 Å². The molecule has 0 bridgehead atoms. The maximum absolute atomic E-state index is 10.7. The van der Waals surface area contributed by atoms with Crippen molar-refractivity contribution in [1.82, 2.24) is 0 Å². The van der Waals surface area contributed by atoms with E-state index in [2.05, 4.69) is 21.2 Å². The molecule has 2 atom stereocenters. The number of ether oxygens (including phenoxy) is 1. The van der Waals surface area contributed by atoms with Gasteiger partial charge in [0, 0.05) is 4.47 Å². The van der Waals surface area contributed by atoms with E-state index in [-0.39, 0.29) is 12.1 Å². The fourth-order valence-corrected chi connectivity index (χ4v) is 1.77. The minimum absolute atomic E-state index is 0.130. The van der Waals surface area contributed by atoms with Crippen molar-refractivity contribution in [2.24, 2.45) is 0 Å². The summed E-state index contributed by atoms with van der Waals surface area (Å²) in [6.45, 7) is 1.87. The van der Waals surface area contributed by atoms with Crippen LogP contribution in [-0.2, 0) is 4.79 Å². The van der Waals surface area contributed by atoms with Crippen LogP contribution in [-0.4, -0.2) is 18.4 Å². The van der Waals surface area contributed by atoms with Crippen molar-refractivity contribution in [3.8, 4) is 5.75 Å². The first-order valence-corrected chi connectivity index (χ1v) is 5.18. The van der Waals surface area contributed by atoms with E-state index >= 15 is 0 Å². The van der Waals surface area contributed by atoms with E-state index in [0.717, 1.165) is 22.2 Å². The van der Waals surface area contributed by atoms with Gasteiger partial charge in [0.1, 0.15) is 24.2 Å². The molecule has 0 amide bonds. The third-order valence-corrected chi connectivity index (χ3v) is 2.72. The molecule has 1 aromatic carbocycles. The maximum Gasteiger partial charge on any atom is 0.146 e. The zero-order valence-corrected chi connectivity index (χ0v) is 9.24. The highest BCUT2D eigenvalue weighted by Crippen LogP contribution is 2.33. The topological polar surface area (TPSA) is 38.3 Å². The molecule has 1 aliphatic rings. The molecular weight excluding hydrogens is 246 g/mol. The highest BCUT2D eigenvalue weighted by molar-refractivity contribution is 9.10. The first kappa shape index (κ1) is 9.52. The van der Waals surface area contributed by atoms with Gasteiger partial charge in [-0.3, -0.25) is 0 Å². The molecule has 0 aromatic heterocycles. The molecule has 0 saturated heterocycles. The van der Waals surface area contributed by atoms with Crippen molar-refractivity contribution in [1.29, 1.82) is 0 Å². The molecule has 1 N–H and O–H groups in total. The quantitative estimate of drug-likeness (QED) is 0.783. The highest BCUT2D eigenvalue weighted by atomic mass is 79.9. The molecule has 0 spiro atoms. The van der Waals surface area contributed by atoms with Crippen LogP contribution in [0.2, 0.25) is 0 Å². The van der Waals surface area contributed by atoms with Gasteiger partial charge in [0.25, 0.3) is 0 Å². The fraction of sp³-hybridized carbons (Fsp3) is 0.300. The number of halogens is 1. The lowest BCUT2D eigenvalue weighted by Gasteiger charge is -2.29. The van der Waals surface area contributed by atoms with Crippen molar-refractivity contribution in [3.63, 3.8) is 0 Å². The van der Waals surface area contributed by atoms with Crippen molar-refractivity contribution in [3.05, 3.63) is 22.7 Å². The Morgan fingerprint density at radius 3 is 3.07 bits per heavy atom. The second-order valence-corrected chi connectivity index (χ2v) is 4.19. The molecule has 74 valence electrons. The Morgan fingerprint density at radius 2 is 2.36 bits per heavy atom. The second-order valence-electron chi connectivity index (χ2n) is 3.27. The van der Waals surface area contributed by atoms with E-state index < -0.39 is 0 Å². The van der Waals surface area contributed by atoms with Crippen LogP contribution in [0.4, 0.5) is 5.69 Å². The number of anilines is 1. The number of hydrogen-bond acceptors (Lipinski definition) is 3. The van der Waals surface area contributed by atoms with Crippen LogP contribution < -0.4 is 10.1 Å². The number of aldehydes is 1. The lowest BCUT2D eigenvalue weighted by atomic mass is 10.1. The average molecular weight is 256 g/mol. The molecule has 1 aliphatic heterocycles. The van der Waals surface area contributed by atoms with Crippen LogP contribution in [0, 0.1) is 0 Å². The third-order valence-electron chi connectivity index (χ3n) is 2.23. The van der Waals surface area contributed by atoms with E-state index in [1.807, 2.05) is 25.1 Å². The van der Waals surface area contributed by atoms with Crippen LogP contribution >= 0.6 is 15.9 Å². The van der Waals surface area contributed by atoms with Crippen molar-refractivity contribution in [2.45, 2.75) is 19.1 Å². The standard InChI is InChI=1S/C10H10BrNO2/c1-6-9(5-13)12-8-3-2-7(11)4-10(8)14-6/h2-6,9,12H,1H3. The van der Waals surface area contributed by atoms with Gasteiger partial charge in [0.15, 0.2) is 0 Å². The zero-order chi connectivity index (χ0) is 10.1. The van der Waals surface area contributed by atoms with Crippen LogP contribution in [0.25, 0.3) is 0 Å². The molecule has 0 fully saturated rings. The lowest BCUT2D eigenvalue weighted by molar-refractivity contribution is -0.110. The SMILES string of the molecule is CC1Oc2cc(Br)ccc2NC1C=O. The van der Waals surface area contributed by atoms with Crippen molar-refractivity contribution < 1.29 is 9.53 Å². The predicted octanol–water partition coefficient (Wildman–Crippen LogP) is 2.21. The lowest BCUT2D eigenvalue weighted by Crippen LogP contribution is -2.40. The summed E-state index contributed by atoms with van der Waals surface area (Å²) in [6.07, 6.45) is 0.740. The fourth-order valence-electron chi connectivity index (χ4n) is 1.43. The van der Waals surface area contributed by atoms with Gasteiger partial charge in [-0.25, -0.2) is 0 Å². The minimum Gasteiger partial charge on any atom is -0.486 e. The number of nitrogens with one attached hydrogen (secondary N) is 1. The Kier molecular flexibility index (Phi) is 2.46. The van der Waals surface area contributed by atoms with Gasteiger partial charge in [-0.05, 0) is 25.1 Å². The molecule has 2 unspecified atom stereocenters.